The van der Waals surface area contributed by atoms with Gasteiger partial charge in [-0.2, -0.15) is 0 Å². The highest BCUT2D eigenvalue weighted by Crippen LogP contribution is 2.23. The summed E-state index contributed by atoms with van der Waals surface area (Å²) in [6.07, 6.45) is 1.26. The van der Waals surface area contributed by atoms with Crippen LogP contribution in [0.5, 0.6) is 17.2 Å². The first-order chi connectivity index (χ1) is 13.8. The van der Waals surface area contributed by atoms with E-state index in [2.05, 4.69) is 5.32 Å². The van der Waals surface area contributed by atoms with Crippen molar-refractivity contribution in [1.82, 2.24) is 10.2 Å². The fourth-order valence-corrected chi connectivity index (χ4v) is 3.50. The highest BCUT2D eigenvalue weighted by molar-refractivity contribution is 5.95. The highest BCUT2D eigenvalue weighted by Gasteiger charge is 2.25. The molecule has 0 radical (unpaired) electrons. The number of aryl methyl sites for hydroxylation is 2. The molecule has 0 unspecified atom stereocenters. The zero-order chi connectivity index (χ0) is 21.0. The number of hydrogen-bond acceptors (Lipinski definition) is 5. The first-order valence-electron chi connectivity index (χ1n) is 9.63. The number of ether oxygens (including phenoxy) is 1. The van der Waals surface area contributed by atoms with E-state index in [0.29, 0.717) is 31.7 Å². The summed E-state index contributed by atoms with van der Waals surface area (Å²) in [5, 5.41) is 22.1. The molecule has 2 aromatic carbocycles. The lowest BCUT2D eigenvalue weighted by Crippen LogP contribution is -2.47. The first-order valence-corrected chi connectivity index (χ1v) is 9.63. The fourth-order valence-electron chi connectivity index (χ4n) is 3.50. The van der Waals surface area contributed by atoms with E-state index < -0.39 is 0 Å². The number of amides is 2. The van der Waals surface area contributed by atoms with Gasteiger partial charge in [-0.1, -0.05) is 17.7 Å². The van der Waals surface area contributed by atoms with Crippen LogP contribution in [0.4, 0.5) is 0 Å². The van der Waals surface area contributed by atoms with Crippen LogP contribution in [0, 0.1) is 13.8 Å². The minimum Gasteiger partial charge on any atom is -0.508 e. The summed E-state index contributed by atoms with van der Waals surface area (Å²) in [5.41, 5.74) is 2.37. The Hall–Kier alpha value is -3.22. The molecule has 0 spiro atoms. The molecule has 1 aliphatic rings. The summed E-state index contributed by atoms with van der Waals surface area (Å²) in [6.45, 7) is 4.87. The van der Waals surface area contributed by atoms with Crippen molar-refractivity contribution in [3.63, 3.8) is 0 Å². The average molecular weight is 398 g/mol. The van der Waals surface area contributed by atoms with Crippen LogP contribution in [0.1, 0.15) is 34.3 Å². The Balaban J connectivity index is 1.46. The van der Waals surface area contributed by atoms with Gasteiger partial charge in [-0.3, -0.25) is 9.59 Å². The van der Waals surface area contributed by atoms with Crippen LogP contribution in [0.25, 0.3) is 0 Å². The van der Waals surface area contributed by atoms with Gasteiger partial charge in [0, 0.05) is 30.8 Å². The van der Waals surface area contributed by atoms with Crippen molar-refractivity contribution < 1.29 is 24.5 Å². The van der Waals surface area contributed by atoms with E-state index in [0.717, 1.165) is 11.1 Å². The van der Waals surface area contributed by atoms with Crippen LogP contribution in [0.2, 0.25) is 0 Å². The lowest BCUT2D eigenvalue weighted by molar-refractivity contribution is -0.124. The van der Waals surface area contributed by atoms with Gasteiger partial charge in [0.05, 0.1) is 0 Å². The number of phenolic OH excluding ortho intramolecular Hbond substituents is 2. The minimum absolute atomic E-state index is 0.0214. The molecule has 1 saturated heterocycles. The summed E-state index contributed by atoms with van der Waals surface area (Å²) in [5.74, 6) is -0.0500. The number of aromatic hydroxyl groups is 2. The predicted octanol–water partition coefficient (Wildman–Crippen LogP) is 2.51. The summed E-state index contributed by atoms with van der Waals surface area (Å²) in [7, 11) is 0. The Kier molecular flexibility index (Phi) is 6.26. The van der Waals surface area contributed by atoms with Gasteiger partial charge in [0.2, 0.25) is 0 Å². The van der Waals surface area contributed by atoms with E-state index in [4.69, 9.17) is 4.74 Å². The number of likely N-dealkylation sites (tertiary alicyclic amines) is 1. The van der Waals surface area contributed by atoms with Crippen LogP contribution < -0.4 is 10.1 Å². The summed E-state index contributed by atoms with van der Waals surface area (Å²) in [6, 6.07) is 9.64. The number of nitrogens with zero attached hydrogens (tertiary/aromatic N) is 1. The third-order valence-corrected chi connectivity index (χ3v) is 4.99. The largest absolute Gasteiger partial charge is 0.508 e. The highest BCUT2D eigenvalue weighted by atomic mass is 16.5. The summed E-state index contributed by atoms with van der Waals surface area (Å²) >= 11 is 0. The van der Waals surface area contributed by atoms with Gasteiger partial charge in [0.25, 0.3) is 11.8 Å². The van der Waals surface area contributed by atoms with Crippen molar-refractivity contribution >= 4 is 11.8 Å². The molecule has 29 heavy (non-hydrogen) atoms. The molecule has 0 saturated carbocycles. The number of carbonyl (C=O) groups is 2. The molecule has 0 aliphatic carbocycles. The van der Waals surface area contributed by atoms with Gasteiger partial charge in [0.15, 0.2) is 6.61 Å². The number of carbonyl (C=O) groups excluding carboxylic acids is 2. The second kappa shape index (κ2) is 8.86. The topological polar surface area (TPSA) is 99.1 Å². The minimum atomic E-state index is -0.251. The van der Waals surface area contributed by atoms with Gasteiger partial charge in [-0.15, -0.1) is 0 Å². The molecule has 1 fully saturated rings. The Morgan fingerprint density at radius 3 is 2.34 bits per heavy atom. The van der Waals surface area contributed by atoms with Crippen LogP contribution in [0.3, 0.4) is 0 Å². The SMILES string of the molecule is Cc1ccc(OCC(=O)NC2CCN(C(=O)c3cc(O)cc(O)c3)CC2)c(C)c1. The van der Waals surface area contributed by atoms with E-state index in [9.17, 15) is 19.8 Å². The van der Waals surface area contributed by atoms with Crippen LogP contribution in [0.15, 0.2) is 36.4 Å². The normalized spacial score (nSPS) is 14.5. The average Bonchev–Trinajstić information content (AvgIpc) is 2.66. The second-order valence-corrected chi connectivity index (χ2v) is 7.43. The van der Waals surface area contributed by atoms with Crippen molar-refractivity contribution in [3.8, 4) is 17.2 Å². The molecule has 1 heterocycles. The third kappa shape index (κ3) is 5.40. The molecule has 0 aromatic heterocycles. The molecule has 154 valence electrons. The number of phenols is 2. The smallest absolute Gasteiger partial charge is 0.258 e. The first kappa shape index (κ1) is 20.5. The molecular weight excluding hydrogens is 372 g/mol. The molecule has 0 bridgehead atoms. The van der Waals surface area contributed by atoms with E-state index in [1.54, 1.807) is 4.90 Å². The van der Waals surface area contributed by atoms with Gasteiger partial charge in [-0.05, 0) is 50.5 Å². The number of rotatable bonds is 5. The Morgan fingerprint density at radius 2 is 1.72 bits per heavy atom. The summed E-state index contributed by atoms with van der Waals surface area (Å²) < 4.78 is 5.61. The molecule has 2 amide bonds. The number of nitrogens with one attached hydrogen (secondary N) is 1. The lowest BCUT2D eigenvalue weighted by atomic mass is 10.0. The van der Waals surface area contributed by atoms with E-state index in [1.807, 2.05) is 32.0 Å². The maximum atomic E-state index is 12.5. The molecule has 7 nitrogen and oxygen atoms in total. The summed E-state index contributed by atoms with van der Waals surface area (Å²) in [4.78, 5) is 26.4. The van der Waals surface area contributed by atoms with Crippen LogP contribution in [-0.4, -0.2) is 52.7 Å². The zero-order valence-electron chi connectivity index (χ0n) is 16.6. The second-order valence-electron chi connectivity index (χ2n) is 7.43. The third-order valence-electron chi connectivity index (χ3n) is 4.99. The van der Waals surface area contributed by atoms with Gasteiger partial charge >= 0.3 is 0 Å². The number of hydrogen-bond donors (Lipinski definition) is 3. The van der Waals surface area contributed by atoms with Gasteiger partial charge in [0.1, 0.15) is 17.2 Å². The molecule has 3 rings (SSSR count). The Labute approximate surface area is 169 Å². The van der Waals surface area contributed by atoms with Crippen LogP contribution in [-0.2, 0) is 4.79 Å². The van der Waals surface area contributed by atoms with Crippen molar-refractivity contribution in [2.75, 3.05) is 19.7 Å². The maximum Gasteiger partial charge on any atom is 0.258 e. The number of benzene rings is 2. The molecule has 0 atom stereocenters. The van der Waals surface area contributed by atoms with Gasteiger partial charge in [-0.25, -0.2) is 0 Å². The fraction of sp³-hybridized carbons (Fsp3) is 0.364. The Morgan fingerprint density at radius 1 is 1.07 bits per heavy atom. The van der Waals surface area contributed by atoms with E-state index in [1.165, 1.54) is 18.2 Å². The van der Waals surface area contributed by atoms with E-state index >= 15 is 0 Å². The molecular formula is C22H26N2O5. The quantitative estimate of drug-likeness (QED) is 0.719. The van der Waals surface area contributed by atoms with E-state index in [-0.39, 0.29) is 41.5 Å². The zero-order valence-corrected chi connectivity index (χ0v) is 16.6. The predicted molar refractivity (Wildman–Crippen MR) is 108 cm³/mol. The maximum absolute atomic E-state index is 12.5. The Bertz CT molecular complexity index is 884. The molecule has 1 aliphatic heterocycles. The van der Waals surface area contributed by atoms with Crippen molar-refractivity contribution in [1.29, 1.82) is 0 Å². The number of piperidine rings is 1. The van der Waals surface area contributed by atoms with Crippen molar-refractivity contribution in [3.05, 3.63) is 53.1 Å². The molecule has 3 N–H and O–H groups in total. The van der Waals surface area contributed by atoms with Gasteiger partial charge < -0.3 is 25.2 Å². The van der Waals surface area contributed by atoms with Crippen LogP contribution >= 0.6 is 0 Å². The van der Waals surface area contributed by atoms with Crippen molar-refractivity contribution in [2.24, 2.45) is 0 Å². The standard InChI is InChI=1S/C22H26N2O5/c1-14-3-4-20(15(2)9-14)29-13-21(27)23-17-5-7-24(8-6-17)22(28)16-10-18(25)12-19(26)11-16/h3-4,9-12,17,25-26H,5-8,13H2,1-2H3,(H,23,27). The molecule has 2 aromatic rings. The monoisotopic (exact) mass is 398 g/mol. The lowest BCUT2D eigenvalue weighted by Gasteiger charge is -2.32. The molecule has 7 heteroatoms. The van der Waals surface area contributed by atoms with Crippen molar-refractivity contribution in [2.45, 2.75) is 32.7 Å².